The molecule has 1 aromatic carbocycles. The van der Waals surface area contributed by atoms with E-state index in [2.05, 4.69) is 16.3 Å². The molecule has 0 aliphatic heterocycles. The van der Waals surface area contributed by atoms with Gasteiger partial charge in [-0.15, -0.1) is 0 Å². The van der Waals surface area contributed by atoms with Crippen molar-refractivity contribution in [1.29, 1.82) is 0 Å². The lowest BCUT2D eigenvalue weighted by Crippen LogP contribution is -2.38. The first-order chi connectivity index (χ1) is 12.9. The van der Waals surface area contributed by atoms with Gasteiger partial charge in [0.05, 0.1) is 11.9 Å². The van der Waals surface area contributed by atoms with Gasteiger partial charge in [0.1, 0.15) is 5.56 Å². The van der Waals surface area contributed by atoms with Crippen LogP contribution in [0.4, 0.5) is 5.82 Å². The van der Waals surface area contributed by atoms with Gasteiger partial charge in [-0.3, -0.25) is 5.73 Å². The molecule has 0 spiro atoms. The molecule has 0 aliphatic carbocycles. The molecular weight excluding hydrogens is 369 g/mol. The van der Waals surface area contributed by atoms with Gasteiger partial charge in [0.2, 0.25) is 6.73 Å². The summed E-state index contributed by atoms with van der Waals surface area (Å²) < 4.78 is 22.1. The Morgan fingerprint density at radius 1 is 1.30 bits per heavy atom. The molecule has 0 amide bonds. The number of hydrogen-bond donors (Lipinski definition) is 3. The number of nitrogens with two attached hydrogens (primary N) is 1. The zero-order valence-electron chi connectivity index (χ0n) is 14.4. The first-order valence-electron chi connectivity index (χ1n) is 8.01. The van der Waals surface area contributed by atoms with Crippen molar-refractivity contribution >= 4 is 19.7 Å². The third-order valence-corrected chi connectivity index (χ3v) is 4.36. The number of phosphoric acid groups is 1. The van der Waals surface area contributed by atoms with Crippen LogP contribution >= 0.6 is 7.82 Å². The lowest BCUT2D eigenvalue weighted by Gasteiger charge is -2.07. The number of rotatable bonds is 7. The van der Waals surface area contributed by atoms with E-state index in [1.165, 1.54) is 4.57 Å². The lowest BCUT2D eigenvalue weighted by atomic mass is 10.1. The summed E-state index contributed by atoms with van der Waals surface area (Å²) in [6.45, 7) is 3.34. The van der Waals surface area contributed by atoms with Crippen molar-refractivity contribution in [1.82, 2.24) is 5.16 Å². The standard InChI is InChI=1S/C18H18N3O5P/c1-2-13-5-7-14(8-6-13)10-15-11-17(26-20-15)16-4-3-9-21(18(16)19)12-25-27(22,23)24/h2-9,11,19H,1,10,12H2,(H2,22,23,24)/p+1. The van der Waals surface area contributed by atoms with Crippen molar-refractivity contribution in [2.24, 2.45) is 0 Å². The van der Waals surface area contributed by atoms with Crippen molar-refractivity contribution in [2.75, 3.05) is 5.73 Å². The molecule has 4 N–H and O–H groups in total. The third-order valence-electron chi connectivity index (χ3n) is 3.90. The van der Waals surface area contributed by atoms with Crippen LogP contribution in [-0.4, -0.2) is 14.9 Å². The van der Waals surface area contributed by atoms with Crippen molar-refractivity contribution < 1.29 is 28.0 Å². The molecule has 0 unspecified atom stereocenters. The van der Waals surface area contributed by atoms with Crippen LogP contribution in [0.5, 0.6) is 0 Å². The van der Waals surface area contributed by atoms with Crippen LogP contribution in [0.2, 0.25) is 0 Å². The minimum atomic E-state index is -4.60. The molecule has 9 heteroatoms. The monoisotopic (exact) mass is 388 g/mol. The molecule has 0 aliphatic rings. The van der Waals surface area contributed by atoms with Gasteiger partial charge in [-0.1, -0.05) is 42.1 Å². The molecular formula is C18H19N3O5P+. The van der Waals surface area contributed by atoms with E-state index < -0.39 is 7.82 Å². The van der Waals surface area contributed by atoms with Gasteiger partial charge >= 0.3 is 7.82 Å². The van der Waals surface area contributed by atoms with Crippen molar-refractivity contribution in [3.63, 3.8) is 0 Å². The number of pyridine rings is 1. The predicted molar refractivity (Wildman–Crippen MR) is 99.0 cm³/mol. The number of aromatic nitrogens is 2. The van der Waals surface area contributed by atoms with Crippen molar-refractivity contribution in [2.45, 2.75) is 13.2 Å². The van der Waals surface area contributed by atoms with Gasteiger partial charge in [-0.05, 0) is 23.3 Å². The van der Waals surface area contributed by atoms with E-state index in [0.717, 1.165) is 16.8 Å². The summed E-state index contributed by atoms with van der Waals surface area (Å²) in [6, 6.07) is 13.1. The van der Waals surface area contributed by atoms with Gasteiger partial charge in [0.25, 0.3) is 5.82 Å². The topological polar surface area (TPSA) is 123 Å². The molecule has 27 heavy (non-hydrogen) atoms. The number of hydrogen-bond acceptors (Lipinski definition) is 5. The average molecular weight is 388 g/mol. The van der Waals surface area contributed by atoms with Gasteiger partial charge in [-0.2, -0.15) is 0 Å². The smallest absolute Gasteiger partial charge is 0.356 e. The fourth-order valence-corrected chi connectivity index (χ4v) is 2.80. The second-order valence-corrected chi connectivity index (χ2v) is 7.07. The average Bonchev–Trinajstić information content (AvgIpc) is 3.09. The van der Waals surface area contributed by atoms with E-state index in [1.54, 1.807) is 30.5 Å². The molecule has 2 aromatic heterocycles. The normalized spacial score (nSPS) is 11.5. The Bertz CT molecular complexity index is 994. The molecule has 8 nitrogen and oxygen atoms in total. The Morgan fingerprint density at radius 2 is 2.04 bits per heavy atom. The van der Waals surface area contributed by atoms with Gasteiger partial charge in [0, 0.05) is 12.5 Å². The van der Waals surface area contributed by atoms with Crippen LogP contribution in [0.3, 0.4) is 0 Å². The number of benzene rings is 1. The van der Waals surface area contributed by atoms with Gasteiger partial charge in [-0.25, -0.2) is 13.7 Å². The maximum Gasteiger partial charge on any atom is 0.472 e. The van der Waals surface area contributed by atoms with E-state index in [-0.39, 0.29) is 12.5 Å². The zero-order valence-corrected chi connectivity index (χ0v) is 15.3. The summed E-state index contributed by atoms with van der Waals surface area (Å²) in [6.07, 6.45) is 3.92. The highest BCUT2D eigenvalue weighted by atomic mass is 31.2. The second-order valence-electron chi connectivity index (χ2n) is 5.83. The molecule has 140 valence electrons. The first-order valence-corrected chi connectivity index (χ1v) is 9.54. The van der Waals surface area contributed by atoms with Crippen LogP contribution < -0.4 is 10.3 Å². The Balaban J connectivity index is 1.79. The number of phosphoric ester groups is 1. The minimum absolute atomic E-state index is 0.240. The largest absolute Gasteiger partial charge is 0.472 e. The molecule has 0 radical (unpaired) electrons. The van der Waals surface area contributed by atoms with Crippen molar-refractivity contribution in [3.05, 3.63) is 72.1 Å². The first kappa shape index (κ1) is 19.0. The van der Waals surface area contributed by atoms with Gasteiger partial charge < -0.3 is 14.3 Å². The number of anilines is 1. The summed E-state index contributed by atoms with van der Waals surface area (Å²) in [4.78, 5) is 17.7. The molecule has 0 saturated heterocycles. The highest BCUT2D eigenvalue weighted by molar-refractivity contribution is 7.46. The summed E-state index contributed by atoms with van der Waals surface area (Å²) >= 11 is 0. The molecule has 3 aromatic rings. The second kappa shape index (κ2) is 7.85. The Labute approximate surface area is 155 Å². The molecule has 0 fully saturated rings. The fourth-order valence-electron chi connectivity index (χ4n) is 2.52. The quantitative estimate of drug-likeness (QED) is 0.420. The van der Waals surface area contributed by atoms with Crippen LogP contribution in [-0.2, 0) is 22.2 Å². The highest BCUT2D eigenvalue weighted by Crippen LogP contribution is 2.35. The van der Waals surface area contributed by atoms with Gasteiger partial charge in [0.15, 0.2) is 5.76 Å². The van der Waals surface area contributed by atoms with E-state index in [4.69, 9.17) is 20.0 Å². The van der Waals surface area contributed by atoms with E-state index in [9.17, 15) is 4.57 Å². The fraction of sp³-hybridized carbons (Fsp3) is 0.111. The molecule has 0 saturated carbocycles. The maximum absolute atomic E-state index is 10.9. The molecule has 0 bridgehead atoms. The zero-order chi connectivity index (χ0) is 19.4. The SMILES string of the molecule is C=Cc1ccc(Cc2cc(-c3ccc[n+](COP(=O)(O)O)c3N)on2)cc1. The summed E-state index contributed by atoms with van der Waals surface area (Å²) in [5, 5.41) is 4.07. The summed E-state index contributed by atoms with van der Waals surface area (Å²) in [7, 11) is -4.60. The Morgan fingerprint density at radius 3 is 2.70 bits per heavy atom. The Kier molecular flexibility index (Phi) is 5.53. The minimum Gasteiger partial charge on any atom is -0.356 e. The van der Waals surface area contributed by atoms with Crippen LogP contribution in [0.15, 0.2) is 59.8 Å². The summed E-state index contributed by atoms with van der Waals surface area (Å²) in [5.41, 5.74) is 9.47. The maximum atomic E-state index is 10.9. The molecule has 3 rings (SSSR count). The van der Waals surface area contributed by atoms with Crippen LogP contribution in [0, 0.1) is 0 Å². The van der Waals surface area contributed by atoms with Crippen LogP contribution in [0.25, 0.3) is 17.4 Å². The van der Waals surface area contributed by atoms with E-state index in [0.29, 0.717) is 17.7 Å². The number of nitrogen functional groups attached to an aromatic ring is 1. The lowest BCUT2D eigenvalue weighted by molar-refractivity contribution is -0.711. The Hall–Kier alpha value is -2.77. The summed E-state index contributed by atoms with van der Waals surface area (Å²) in [5.74, 6) is 0.694. The van der Waals surface area contributed by atoms with E-state index >= 15 is 0 Å². The van der Waals surface area contributed by atoms with Crippen LogP contribution in [0.1, 0.15) is 16.8 Å². The predicted octanol–water partition coefficient (Wildman–Crippen LogP) is 2.51. The third kappa shape index (κ3) is 4.90. The van der Waals surface area contributed by atoms with E-state index in [1.807, 2.05) is 24.3 Å². The number of nitrogens with zero attached hydrogens (tertiary/aromatic N) is 2. The molecule has 0 atom stereocenters. The highest BCUT2D eigenvalue weighted by Gasteiger charge is 2.20. The molecule has 2 heterocycles. The van der Waals surface area contributed by atoms with Crippen molar-refractivity contribution in [3.8, 4) is 11.3 Å².